The van der Waals surface area contributed by atoms with Gasteiger partial charge in [0.1, 0.15) is 23.5 Å². The summed E-state index contributed by atoms with van der Waals surface area (Å²) in [5.74, 6) is 2.45. The SMILES string of the molecule is COc1ccc(Oc2ncnc(NC3CCCCCC3)c2N)cc1. The number of anilines is 2. The van der Waals surface area contributed by atoms with E-state index in [-0.39, 0.29) is 0 Å². The Morgan fingerprint density at radius 1 is 1.00 bits per heavy atom. The van der Waals surface area contributed by atoms with E-state index in [1.54, 1.807) is 7.11 Å². The quantitative estimate of drug-likeness (QED) is 0.807. The van der Waals surface area contributed by atoms with Crippen LogP contribution in [0, 0.1) is 0 Å². The smallest absolute Gasteiger partial charge is 0.248 e. The lowest BCUT2D eigenvalue weighted by molar-refractivity contribution is 0.412. The third-order valence-corrected chi connectivity index (χ3v) is 4.32. The highest BCUT2D eigenvalue weighted by molar-refractivity contribution is 5.67. The van der Waals surface area contributed by atoms with Crippen LogP contribution < -0.4 is 20.5 Å². The minimum Gasteiger partial charge on any atom is -0.497 e. The van der Waals surface area contributed by atoms with Crippen molar-refractivity contribution in [1.29, 1.82) is 0 Å². The van der Waals surface area contributed by atoms with Gasteiger partial charge in [-0.05, 0) is 37.1 Å². The first-order valence-electron chi connectivity index (χ1n) is 8.45. The molecule has 1 fully saturated rings. The van der Waals surface area contributed by atoms with Crippen molar-refractivity contribution in [3.63, 3.8) is 0 Å². The van der Waals surface area contributed by atoms with E-state index in [9.17, 15) is 0 Å². The highest BCUT2D eigenvalue weighted by atomic mass is 16.5. The molecular formula is C18H24N4O2. The van der Waals surface area contributed by atoms with E-state index in [0.717, 1.165) is 18.6 Å². The first kappa shape index (κ1) is 16.4. The summed E-state index contributed by atoms with van der Waals surface area (Å²) >= 11 is 0. The fourth-order valence-electron chi connectivity index (χ4n) is 2.95. The predicted octanol–water partition coefficient (Wildman–Crippen LogP) is 3.99. The van der Waals surface area contributed by atoms with Gasteiger partial charge in [0.05, 0.1) is 7.11 Å². The molecule has 1 saturated carbocycles. The molecule has 6 nitrogen and oxygen atoms in total. The van der Waals surface area contributed by atoms with E-state index in [2.05, 4.69) is 15.3 Å². The Morgan fingerprint density at radius 3 is 2.33 bits per heavy atom. The summed E-state index contributed by atoms with van der Waals surface area (Å²) in [6.45, 7) is 0. The molecule has 0 aliphatic heterocycles. The van der Waals surface area contributed by atoms with Crippen molar-refractivity contribution < 1.29 is 9.47 Å². The van der Waals surface area contributed by atoms with Gasteiger partial charge in [-0.2, -0.15) is 4.98 Å². The molecular weight excluding hydrogens is 304 g/mol. The molecule has 0 spiro atoms. The summed E-state index contributed by atoms with van der Waals surface area (Å²) in [6.07, 6.45) is 8.90. The maximum Gasteiger partial charge on any atom is 0.248 e. The lowest BCUT2D eigenvalue weighted by Crippen LogP contribution is -2.20. The van der Waals surface area contributed by atoms with Gasteiger partial charge < -0.3 is 20.5 Å². The molecule has 0 amide bonds. The van der Waals surface area contributed by atoms with E-state index in [1.807, 2.05) is 24.3 Å². The minimum absolute atomic E-state index is 0.367. The number of aromatic nitrogens is 2. The third-order valence-electron chi connectivity index (χ3n) is 4.32. The molecule has 128 valence electrons. The third kappa shape index (κ3) is 4.07. The molecule has 3 rings (SSSR count). The first-order chi connectivity index (χ1) is 11.8. The number of ether oxygens (including phenoxy) is 2. The van der Waals surface area contributed by atoms with Crippen LogP contribution in [0.25, 0.3) is 0 Å². The summed E-state index contributed by atoms with van der Waals surface area (Å²) in [7, 11) is 1.63. The maximum atomic E-state index is 6.21. The largest absolute Gasteiger partial charge is 0.497 e. The Hall–Kier alpha value is -2.50. The van der Waals surface area contributed by atoms with Crippen LogP contribution >= 0.6 is 0 Å². The zero-order valence-corrected chi connectivity index (χ0v) is 14.0. The van der Waals surface area contributed by atoms with Crippen molar-refractivity contribution in [2.75, 3.05) is 18.2 Å². The summed E-state index contributed by atoms with van der Waals surface area (Å²) in [5, 5.41) is 3.46. The average Bonchev–Trinajstić information content (AvgIpc) is 2.88. The Balaban J connectivity index is 1.72. The molecule has 0 bridgehead atoms. The van der Waals surface area contributed by atoms with Crippen LogP contribution in [-0.2, 0) is 0 Å². The Labute approximate surface area is 142 Å². The lowest BCUT2D eigenvalue weighted by atomic mass is 10.1. The van der Waals surface area contributed by atoms with Gasteiger partial charge in [0.25, 0.3) is 0 Å². The lowest BCUT2D eigenvalue weighted by Gasteiger charge is -2.18. The molecule has 0 radical (unpaired) electrons. The van der Waals surface area contributed by atoms with Crippen LogP contribution in [0.15, 0.2) is 30.6 Å². The molecule has 0 unspecified atom stereocenters. The molecule has 1 aliphatic carbocycles. The normalized spacial score (nSPS) is 15.5. The fourth-order valence-corrected chi connectivity index (χ4v) is 2.95. The summed E-state index contributed by atoms with van der Waals surface area (Å²) in [4.78, 5) is 8.44. The number of nitrogen functional groups attached to an aromatic ring is 1. The van der Waals surface area contributed by atoms with Crippen molar-refractivity contribution in [2.24, 2.45) is 0 Å². The van der Waals surface area contributed by atoms with Gasteiger partial charge in [-0.25, -0.2) is 4.98 Å². The van der Waals surface area contributed by atoms with Crippen LogP contribution in [0.4, 0.5) is 11.5 Å². The Bertz CT molecular complexity index is 653. The van der Waals surface area contributed by atoms with Crippen LogP contribution in [0.5, 0.6) is 17.4 Å². The van der Waals surface area contributed by atoms with Crippen molar-refractivity contribution in [1.82, 2.24) is 9.97 Å². The second-order valence-electron chi connectivity index (χ2n) is 6.05. The van der Waals surface area contributed by atoms with Gasteiger partial charge >= 0.3 is 0 Å². The van der Waals surface area contributed by atoms with Crippen molar-refractivity contribution in [3.05, 3.63) is 30.6 Å². The number of hydrogen-bond donors (Lipinski definition) is 2. The number of benzene rings is 1. The standard InChI is InChI=1S/C18H24N4O2/c1-23-14-8-10-15(11-9-14)24-18-16(19)17(20-12-21-18)22-13-6-4-2-3-5-7-13/h8-13H,2-7,19H2,1H3,(H,20,21,22). The zero-order chi connectivity index (χ0) is 16.8. The predicted molar refractivity (Wildman–Crippen MR) is 94.6 cm³/mol. The maximum absolute atomic E-state index is 6.21. The molecule has 1 heterocycles. The number of methoxy groups -OCH3 is 1. The van der Waals surface area contributed by atoms with Gasteiger partial charge in [0.15, 0.2) is 5.82 Å². The minimum atomic E-state index is 0.367. The van der Waals surface area contributed by atoms with E-state index >= 15 is 0 Å². The van der Waals surface area contributed by atoms with Crippen molar-refractivity contribution in [2.45, 2.75) is 44.6 Å². The zero-order valence-electron chi connectivity index (χ0n) is 14.0. The number of hydrogen-bond acceptors (Lipinski definition) is 6. The van der Waals surface area contributed by atoms with Crippen LogP contribution in [0.2, 0.25) is 0 Å². The monoisotopic (exact) mass is 328 g/mol. The Kier molecular flexibility index (Phi) is 5.36. The second kappa shape index (κ2) is 7.86. The Morgan fingerprint density at radius 2 is 1.67 bits per heavy atom. The first-order valence-corrected chi connectivity index (χ1v) is 8.45. The number of nitrogens with two attached hydrogens (primary N) is 1. The average molecular weight is 328 g/mol. The molecule has 0 atom stereocenters. The fraction of sp³-hybridized carbons (Fsp3) is 0.444. The van der Waals surface area contributed by atoms with Crippen molar-refractivity contribution in [3.8, 4) is 17.4 Å². The van der Waals surface area contributed by atoms with E-state index in [0.29, 0.717) is 29.2 Å². The van der Waals surface area contributed by atoms with Crippen molar-refractivity contribution >= 4 is 11.5 Å². The van der Waals surface area contributed by atoms with Gasteiger partial charge in [-0.1, -0.05) is 25.7 Å². The van der Waals surface area contributed by atoms with Gasteiger partial charge in [0.2, 0.25) is 5.88 Å². The van der Waals surface area contributed by atoms with Crippen LogP contribution in [-0.4, -0.2) is 23.1 Å². The molecule has 2 aromatic rings. The number of nitrogens with one attached hydrogen (secondary N) is 1. The molecule has 24 heavy (non-hydrogen) atoms. The molecule has 0 saturated heterocycles. The van der Waals surface area contributed by atoms with Crippen LogP contribution in [0.3, 0.4) is 0 Å². The molecule has 1 aromatic heterocycles. The summed E-state index contributed by atoms with van der Waals surface area (Å²) in [6, 6.07) is 7.71. The highest BCUT2D eigenvalue weighted by Gasteiger charge is 2.16. The molecule has 1 aliphatic rings. The summed E-state index contributed by atoms with van der Waals surface area (Å²) in [5.41, 5.74) is 6.65. The number of rotatable bonds is 5. The van der Waals surface area contributed by atoms with E-state index < -0.39 is 0 Å². The second-order valence-corrected chi connectivity index (χ2v) is 6.05. The topological polar surface area (TPSA) is 82.3 Å². The van der Waals surface area contributed by atoms with Gasteiger partial charge in [-0.15, -0.1) is 0 Å². The molecule has 3 N–H and O–H groups in total. The highest BCUT2D eigenvalue weighted by Crippen LogP contribution is 2.31. The number of nitrogens with zero attached hydrogens (tertiary/aromatic N) is 2. The van der Waals surface area contributed by atoms with E-state index in [1.165, 1.54) is 32.0 Å². The summed E-state index contributed by atoms with van der Waals surface area (Å²) < 4.78 is 10.9. The van der Waals surface area contributed by atoms with Gasteiger partial charge in [-0.3, -0.25) is 0 Å². The molecule has 1 aromatic carbocycles. The van der Waals surface area contributed by atoms with E-state index in [4.69, 9.17) is 15.2 Å². The van der Waals surface area contributed by atoms with Gasteiger partial charge in [0, 0.05) is 6.04 Å². The molecule has 6 heteroatoms. The van der Waals surface area contributed by atoms with Crippen LogP contribution in [0.1, 0.15) is 38.5 Å².